The van der Waals surface area contributed by atoms with E-state index in [4.69, 9.17) is 0 Å². The van der Waals surface area contributed by atoms with Gasteiger partial charge in [0.15, 0.2) is 10.8 Å². The number of Topliss-reactive ketones (excluding diaryl/α,β-unsaturated/α-hetero) is 2. The monoisotopic (exact) mass is 400 g/mol. The van der Waals surface area contributed by atoms with Gasteiger partial charge in [0.05, 0.1) is 4.92 Å². The Balaban J connectivity index is 1.92. The number of thioether (sulfide) groups is 1. The predicted octanol–water partition coefficient (Wildman–Crippen LogP) is 5.39. The summed E-state index contributed by atoms with van der Waals surface area (Å²) in [6.45, 7) is 1.57. The fourth-order valence-electron chi connectivity index (χ4n) is 2.72. The van der Waals surface area contributed by atoms with E-state index in [2.05, 4.69) is 4.98 Å². The third-order valence-corrected chi connectivity index (χ3v) is 5.32. The maximum Gasteiger partial charge on any atom is 0.302 e. The van der Waals surface area contributed by atoms with Crippen molar-refractivity contribution in [1.82, 2.24) is 4.98 Å². The molecule has 0 saturated heterocycles. The van der Waals surface area contributed by atoms with Crippen LogP contribution in [0.15, 0.2) is 47.6 Å². The molecule has 0 amide bonds. The quantitative estimate of drug-likeness (QED) is 0.156. The number of pyridine rings is 1. The van der Waals surface area contributed by atoms with E-state index in [0.717, 1.165) is 24.8 Å². The maximum absolute atomic E-state index is 12.3. The van der Waals surface area contributed by atoms with E-state index in [-0.39, 0.29) is 22.8 Å². The summed E-state index contributed by atoms with van der Waals surface area (Å²) in [5.41, 5.74) is 1.20. The van der Waals surface area contributed by atoms with Gasteiger partial charge in [-0.1, -0.05) is 54.9 Å². The highest BCUT2D eigenvalue weighted by Crippen LogP contribution is 2.30. The number of carbonyl (C=O) groups is 2. The van der Waals surface area contributed by atoms with Gasteiger partial charge in [-0.3, -0.25) is 14.9 Å². The highest BCUT2D eigenvalue weighted by molar-refractivity contribution is 7.98. The molecule has 0 radical (unpaired) electrons. The molecule has 0 unspecified atom stereocenters. The minimum Gasteiger partial charge on any atom is -0.300 e. The molecule has 2 rings (SSSR count). The number of rotatable bonds is 12. The molecule has 7 heteroatoms. The van der Waals surface area contributed by atoms with Crippen molar-refractivity contribution in [2.75, 3.05) is 0 Å². The second kappa shape index (κ2) is 11.3. The molecule has 1 aromatic carbocycles. The van der Waals surface area contributed by atoms with Crippen LogP contribution < -0.4 is 0 Å². The zero-order valence-corrected chi connectivity index (χ0v) is 16.7. The molecule has 0 N–H and O–H groups in total. The van der Waals surface area contributed by atoms with Crippen LogP contribution in [0.5, 0.6) is 0 Å². The van der Waals surface area contributed by atoms with Crippen molar-refractivity contribution >= 4 is 29.0 Å². The molecular formula is C21H24N2O4S. The molecule has 0 aliphatic carbocycles. The van der Waals surface area contributed by atoms with Crippen LogP contribution in [0.4, 0.5) is 5.69 Å². The molecule has 0 saturated carbocycles. The lowest BCUT2D eigenvalue weighted by molar-refractivity contribution is -0.388. The van der Waals surface area contributed by atoms with Crippen molar-refractivity contribution < 1.29 is 14.5 Å². The average Bonchev–Trinajstić information content (AvgIpc) is 2.69. The summed E-state index contributed by atoms with van der Waals surface area (Å²) in [6.07, 6.45) is 5.64. The molecule has 0 bridgehead atoms. The predicted molar refractivity (Wildman–Crippen MR) is 110 cm³/mol. The Morgan fingerprint density at radius 1 is 1.07 bits per heavy atom. The first-order chi connectivity index (χ1) is 13.5. The van der Waals surface area contributed by atoms with Gasteiger partial charge in [-0.25, -0.2) is 4.98 Å². The van der Waals surface area contributed by atoms with E-state index in [9.17, 15) is 19.7 Å². The molecule has 2 aromatic rings. The molecule has 1 heterocycles. The van der Waals surface area contributed by atoms with Gasteiger partial charge in [0.25, 0.3) is 0 Å². The second-order valence-corrected chi connectivity index (χ2v) is 7.58. The second-order valence-electron chi connectivity index (χ2n) is 6.62. The minimum absolute atomic E-state index is 0.131. The van der Waals surface area contributed by atoms with Crippen LogP contribution in [0.25, 0.3) is 0 Å². The van der Waals surface area contributed by atoms with E-state index >= 15 is 0 Å². The summed E-state index contributed by atoms with van der Waals surface area (Å²) in [5, 5.41) is 11.7. The summed E-state index contributed by atoms with van der Waals surface area (Å²) >= 11 is 1.29. The van der Waals surface area contributed by atoms with Crippen molar-refractivity contribution in [2.24, 2.45) is 0 Å². The molecule has 1 aromatic heterocycles. The lowest BCUT2D eigenvalue weighted by atomic mass is 10.0. The summed E-state index contributed by atoms with van der Waals surface area (Å²) in [6, 6.07) is 11.0. The third kappa shape index (κ3) is 7.23. The van der Waals surface area contributed by atoms with Gasteiger partial charge in [-0.05, 0) is 25.3 Å². The summed E-state index contributed by atoms with van der Waals surface area (Å²) < 4.78 is 0. The van der Waals surface area contributed by atoms with E-state index in [1.54, 1.807) is 6.92 Å². The molecule has 0 atom stereocenters. The van der Waals surface area contributed by atoms with Gasteiger partial charge in [0, 0.05) is 36.4 Å². The Hall–Kier alpha value is -2.54. The van der Waals surface area contributed by atoms with Gasteiger partial charge in [-0.2, -0.15) is 0 Å². The SMILES string of the molecule is CC(=O)CCCCCCC(=O)c1cnc(SCc2ccccc2)c([N+](=O)[O-])c1. The van der Waals surface area contributed by atoms with Crippen LogP contribution in [-0.2, 0) is 10.5 Å². The first-order valence-electron chi connectivity index (χ1n) is 9.31. The Bertz CT molecular complexity index is 824. The van der Waals surface area contributed by atoms with Crippen LogP contribution >= 0.6 is 11.8 Å². The van der Waals surface area contributed by atoms with Crippen molar-refractivity contribution in [3.63, 3.8) is 0 Å². The first-order valence-corrected chi connectivity index (χ1v) is 10.3. The maximum atomic E-state index is 12.3. The number of aromatic nitrogens is 1. The molecule has 0 fully saturated rings. The van der Waals surface area contributed by atoms with Crippen LogP contribution in [-0.4, -0.2) is 21.5 Å². The van der Waals surface area contributed by atoms with Crippen LogP contribution in [0.2, 0.25) is 0 Å². The fourth-order valence-corrected chi connectivity index (χ4v) is 3.62. The Kier molecular flexibility index (Phi) is 8.81. The number of hydrogen-bond acceptors (Lipinski definition) is 6. The Labute approximate surface area is 168 Å². The highest BCUT2D eigenvalue weighted by Gasteiger charge is 2.19. The lowest BCUT2D eigenvalue weighted by Crippen LogP contribution is -2.03. The normalized spacial score (nSPS) is 10.6. The molecule has 6 nitrogen and oxygen atoms in total. The number of hydrogen-bond donors (Lipinski definition) is 0. The van der Waals surface area contributed by atoms with Crippen molar-refractivity contribution in [1.29, 1.82) is 0 Å². The van der Waals surface area contributed by atoms with Gasteiger partial charge >= 0.3 is 5.69 Å². The van der Waals surface area contributed by atoms with Crippen molar-refractivity contribution in [2.45, 2.75) is 56.2 Å². The van der Waals surface area contributed by atoms with Crippen LogP contribution in [0.3, 0.4) is 0 Å². The van der Waals surface area contributed by atoms with Gasteiger partial charge in [0.2, 0.25) is 0 Å². The Morgan fingerprint density at radius 2 is 1.75 bits per heavy atom. The molecule has 0 spiro atoms. The van der Waals surface area contributed by atoms with Crippen LogP contribution in [0.1, 0.15) is 61.4 Å². The van der Waals surface area contributed by atoms with E-state index < -0.39 is 4.92 Å². The number of ketones is 2. The molecule has 0 aliphatic rings. The molecular weight excluding hydrogens is 376 g/mol. The van der Waals surface area contributed by atoms with Crippen molar-refractivity contribution in [3.05, 3.63) is 63.8 Å². The smallest absolute Gasteiger partial charge is 0.300 e. The zero-order valence-electron chi connectivity index (χ0n) is 15.9. The molecule has 148 valence electrons. The van der Waals surface area contributed by atoms with E-state index in [1.807, 2.05) is 30.3 Å². The highest BCUT2D eigenvalue weighted by atomic mass is 32.2. The number of nitrogens with zero attached hydrogens (tertiary/aromatic N) is 2. The van der Waals surface area contributed by atoms with Crippen molar-refractivity contribution in [3.8, 4) is 0 Å². The summed E-state index contributed by atoms with van der Waals surface area (Å²) in [4.78, 5) is 38.3. The van der Waals surface area contributed by atoms with E-state index in [1.165, 1.54) is 24.0 Å². The number of benzene rings is 1. The van der Waals surface area contributed by atoms with Crippen LogP contribution in [0, 0.1) is 10.1 Å². The average molecular weight is 401 g/mol. The summed E-state index contributed by atoms with van der Waals surface area (Å²) in [5.74, 6) is 0.615. The first kappa shape index (κ1) is 21.8. The number of nitro groups is 1. The number of unbranched alkanes of at least 4 members (excludes halogenated alkanes) is 3. The largest absolute Gasteiger partial charge is 0.302 e. The lowest BCUT2D eigenvalue weighted by Gasteiger charge is -2.05. The molecule has 0 aliphatic heterocycles. The zero-order chi connectivity index (χ0) is 20.4. The topological polar surface area (TPSA) is 90.2 Å². The number of carbonyl (C=O) groups excluding carboxylic acids is 2. The van der Waals surface area contributed by atoms with Gasteiger partial charge < -0.3 is 4.79 Å². The molecule has 28 heavy (non-hydrogen) atoms. The third-order valence-electron chi connectivity index (χ3n) is 4.25. The summed E-state index contributed by atoms with van der Waals surface area (Å²) in [7, 11) is 0. The van der Waals surface area contributed by atoms with Gasteiger partial charge in [-0.15, -0.1) is 0 Å². The van der Waals surface area contributed by atoms with E-state index in [0.29, 0.717) is 30.0 Å². The van der Waals surface area contributed by atoms with Gasteiger partial charge in [0.1, 0.15) is 5.78 Å². The Morgan fingerprint density at radius 3 is 2.39 bits per heavy atom. The fraction of sp³-hybridized carbons (Fsp3) is 0.381. The minimum atomic E-state index is -0.487. The standard InChI is InChI=1S/C21H24N2O4S/c1-16(24)9-5-2-3-8-12-20(25)18-13-19(23(26)27)21(22-14-18)28-15-17-10-6-4-7-11-17/h4,6-7,10-11,13-14H,2-3,5,8-9,12,15H2,1H3.